The third-order valence-corrected chi connectivity index (χ3v) is 18.5. The fourth-order valence-corrected chi connectivity index (χ4v) is 15.3. The zero-order chi connectivity index (χ0) is 42.2. The van der Waals surface area contributed by atoms with Crippen molar-refractivity contribution in [3.63, 3.8) is 0 Å². The quantitative estimate of drug-likeness (QED) is 0.163. The van der Waals surface area contributed by atoms with Crippen molar-refractivity contribution in [1.29, 1.82) is 0 Å². The smallest absolute Gasteiger partial charge is 0.164 e. The van der Waals surface area contributed by atoms with Crippen LogP contribution in [0.4, 0.5) is 0 Å². The van der Waals surface area contributed by atoms with Gasteiger partial charge in [-0.05, 0) is 84.6 Å². The van der Waals surface area contributed by atoms with Crippen LogP contribution < -0.4 is 0 Å². The van der Waals surface area contributed by atoms with E-state index in [1.807, 2.05) is 13.8 Å². The molecule has 0 aliphatic carbocycles. The molecule has 0 amide bonds. The average molecular weight is 907 g/mol. The van der Waals surface area contributed by atoms with Gasteiger partial charge in [0, 0.05) is 80.7 Å². The van der Waals surface area contributed by atoms with Crippen LogP contribution in [0.2, 0.25) is 0 Å². The number of thiol groups is 1. The molecule has 8 aromatic carbocycles. The molecule has 0 spiro atoms. The topological polar surface area (TPSA) is 38.7 Å². The van der Waals surface area contributed by atoms with Crippen molar-refractivity contribution in [2.75, 3.05) is 0 Å². The molecule has 13 rings (SSSR count). The lowest BCUT2D eigenvalue weighted by atomic mass is 9.73. The van der Waals surface area contributed by atoms with E-state index in [1.165, 1.54) is 71.3 Å². The molecule has 1 saturated heterocycles. The molecule has 3 nitrogen and oxygen atoms in total. The van der Waals surface area contributed by atoms with Gasteiger partial charge in [0.2, 0.25) is 0 Å². The molecular weight excluding hydrogens is 869 g/mol. The van der Waals surface area contributed by atoms with Crippen molar-refractivity contribution in [2.24, 2.45) is 0 Å². The lowest BCUT2D eigenvalue weighted by Crippen LogP contribution is -2.53. The van der Waals surface area contributed by atoms with Gasteiger partial charge in [0.25, 0.3) is 0 Å². The normalized spacial score (nSPS) is 17.2. The van der Waals surface area contributed by atoms with E-state index in [4.69, 9.17) is 22.1 Å². The Morgan fingerprint density at radius 1 is 0.397 bits per heavy atom. The van der Waals surface area contributed by atoms with Crippen LogP contribution in [0.1, 0.15) is 36.1 Å². The molecule has 5 heterocycles. The van der Waals surface area contributed by atoms with E-state index in [9.17, 15) is 5.11 Å². The Balaban J connectivity index is 1.08. The molecule has 8 heteroatoms. The van der Waals surface area contributed by atoms with Gasteiger partial charge in [-0.15, -0.1) is 45.3 Å². The van der Waals surface area contributed by atoms with Gasteiger partial charge in [0.05, 0.1) is 4.75 Å². The maximum atomic E-state index is 14.3. The van der Waals surface area contributed by atoms with Crippen LogP contribution in [-0.2, 0) is 19.8 Å². The van der Waals surface area contributed by atoms with E-state index in [2.05, 4.69) is 170 Å². The van der Waals surface area contributed by atoms with Gasteiger partial charge < -0.3 is 14.6 Å². The van der Waals surface area contributed by atoms with E-state index in [-0.39, 0.29) is 0 Å². The van der Waals surface area contributed by atoms with Crippen LogP contribution in [0.3, 0.4) is 0 Å². The summed E-state index contributed by atoms with van der Waals surface area (Å²) < 4.78 is 22.9. The Morgan fingerprint density at radius 2 is 0.683 bits per heavy atom. The summed E-state index contributed by atoms with van der Waals surface area (Å²) in [5.74, 6) is -1.08. The van der Waals surface area contributed by atoms with Gasteiger partial charge in [-0.25, -0.2) is 0 Å². The van der Waals surface area contributed by atoms with E-state index < -0.39 is 28.3 Å². The third kappa shape index (κ3) is 5.73. The fraction of sp³-hybridized carbons (Fsp3) is 0.127. The summed E-state index contributed by atoms with van der Waals surface area (Å²) in [6, 6.07) is 60.6. The largest absolute Gasteiger partial charge is 0.378 e. The highest BCUT2D eigenvalue weighted by Crippen LogP contribution is 2.55. The van der Waals surface area contributed by atoms with Crippen LogP contribution >= 0.6 is 58.0 Å². The summed E-state index contributed by atoms with van der Waals surface area (Å²) in [5.41, 5.74) is 1.75. The molecule has 0 saturated carbocycles. The summed E-state index contributed by atoms with van der Waals surface area (Å²) in [4.78, 5) is 0. The van der Waals surface area contributed by atoms with Crippen LogP contribution in [0.15, 0.2) is 170 Å². The molecule has 1 aliphatic heterocycles. The van der Waals surface area contributed by atoms with E-state index in [0.717, 1.165) is 31.7 Å². The lowest BCUT2D eigenvalue weighted by Gasteiger charge is -2.43. The van der Waals surface area contributed by atoms with Gasteiger partial charge in [0.1, 0.15) is 17.8 Å². The predicted octanol–water partition coefficient (Wildman–Crippen LogP) is 15.8. The molecular formula is C55H38O3S5. The Labute approximate surface area is 384 Å². The Hall–Kier alpha value is -5.13. The lowest BCUT2D eigenvalue weighted by molar-refractivity contribution is -0.166. The molecule has 1 fully saturated rings. The zero-order valence-corrected chi connectivity index (χ0v) is 38.3. The van der Waals surface area contributed by atoms with Crippen molar-refractivity contribution in [3.8, 4) is 0 Å². The highest BCUT2D eigenvalue weighted by Gasteiger charge is 2.61. The monoisotopic (exact) mass is 906 g/mol. The molecule has 2 atom stereocenters. The number of hydrogen-bond donors (Lipinski definition) is 2. The molecule has 0 unspecified atom stereocenters. The number of thiophene rings is 4. The molecule has 63 heavy (non-hydrogen) atoms. The molecule has 306 valence electrons. The summed E-state index contributed by atoms with van der Waals surface area (Å²) >= 11 is 13.0. The van der Waals surface area contributed by atoms with E-state index in [0.29, 0.717) is 0 Å². The number of benzene rings is 8. The second kappa shape index (κ2) is 13.9. The number of hydrogen-bond acceptors (Lipinski definition) is 8. The molecule has 1 aliphatic rings. The van der Waals surface area contributed by atoms with Crippen molar-refractivity contribution in [1.82, 2.24) is 0 Å². The van der Waals surface area contributed by atoms with Crippen LogP contribution in [0.5, 0.6) is 0 Å². The van der Waals surface area contributed by atoms with E-state index in [1.54, 1.807) is 45.3 Å². The maximum absolute atomic E-state index is 14.3. The summed E-state index contributed by atoms with van der Waals surface area (Å²) in [5, 5.41) is 23.9. The Morgan fingerprint density at radius 3 is 1.05 bits per heavy atom. The first-order valence-corrected chi connectivity index (χ1v) is 24.8. The van der Waals surface area contributed by atoms with Gasteiger partial charge >= 0.3 is 0 Å². The van der Waals surface area contributed by atoms with Gasteiger partial charge in [-0.1, -0.05) is 121 Å². The van der Waals surface area contributed by atoms with E-state index >= 15 is 0 Å². The second-order valence-electron chi connectivity index (χ2n) is 17.2. The summed E-state index contributed by atoms with van der Waals surface area (Å²) in [6.07, 6.45) is -1.70. The third-order valence-electron chi connectivity index (χ3n) is 13.2. The van der Waals surface area contributed by atoms with Crippen LogP contribution in [0.25, 0.3) is 80.7 Å². The number of rotatable bonds is 6. The number of fused-ring (bicyclic) bond motifs is 12. The SMILES string of the molecule is CC1(C)O[C@H](C(O)(c2ccc3c(c2)sc2ccccc23)c2ccc3c(c2)sc2ccccc23)[C@@H](C(S)(c2ccc3c(c2)sc2ccccc23)c2ccc3c(c2)sc2ccccc23)O1. The van der Waals surface area contributed by atoms with Crippen molar-refractivity contribution >= 4 is 139 Å². The summed E-state index contributed by atoms with van der Waals surface area (Å²) in [7, 11) is 0. The van der Waals surface area contributed by atoms with Crippen molar-refractivity contribution in [2.45, 2.75) is 42.2 Å². The summed E-state index contributed by atoms with van der Waals surface area (Å²) in [6.45, 7) is 3.92. The first kappa shape index (κ1) is 38.3. The van der Waals surface area contributed by atoms with Crippen molar-refractivity contribution < 1.29 is 14.6 Å². The maximum Gasteiger partial charge on any atom is 0.164 e. The van der Waals surface area contributed by atoms with Crippen molar-refractivity contribution in [3.05, 3.63) is 192 Å². The van der Waals surface area contributed by atoms with Gasteiger partial charge in [-0.3, -0.25) is 0 Å². The first-order chi connectivity index (χ1) is 30.7. The highest BCUT2D eigenvalue weighted by atomic mass is 32.1. The molecule has 4 aromatic heterocycles. The minimum absolute atomic E-state index is 0.744. The minimum atomic E-state index is -1.69. The van der Waals surface area contributed by atoms with Crippen LogP contribution in [0, 0.1) is 0 Å². The highest BCUT2D eigenvalue weighted by molar-refractivity contribution is 7.81. The molecule has 0 bridgehead atoms. The molecule has 0 radical (unpaired) electrons. The van der Waals surface area contributed by atoms with Gasteiger partial charge in [-0.2, -0.15) is 12.6 Å². The van der Waals surface area contributed by atoms with Crippen LogP contribution in [-0.4, -0.2) is 23.1 Å². The molecule has 12 aromatic rings. The Bertz CT molecular complexity index is 3340. The number of aliphatic hydroxyl groups is 1. The second-order valence-corrected chi connectivity index (χ2v) is 22.3. The number of ether oxygens (including phenoxy) is 2. The standard InChI is InChI=1S/C55H38O3S5/c1-53(2)57-51(54(56,31-19-23-39-35-11-3-7-15-43(35)60-47(39)27-31)32-20-24-40-36-12-4-8-16-44(36)61-48(40)28-32)52(58-53)55(59,33-21-25-41-37-13-5-9-17-45(37)62-49(41)29-33)34-22-26-42-38-14-6-10-18-46(38)63-50(42)30-34/h3-30,51-52,56,59H,1-2H3/t51-,52-/m0/s1. The molecule has 1 N–H and O–H groups in total. The fourth-order valence-electron chi connectivity index (χ4n) is 10.2. The minimum Gasteiger partial charge on any atom is -0.378 e. The zero-order valence-electron chi connectivity index (χ0n) is 34.2. The predicted molar refractivity (Wildman–Crippen MR) is 274 cm³/mol. The first-order valence-electron chi connectivity index (χ1n) is 21.1. The van der Waals surface area contributed by atoms with Gasteiger partial charge in [0.15, 0.2) is 5.79 Å². The average Bonchev–Trinajstić information content (AvgIpc) is 4.13. The Kier molecular flexibility index (Phi) is 8.48.